The van der Waals surface area contributed by atoms with E-state index in [2.05, 4.69) is 20.6 Å². The average molecular weight is 516 g/mol. The molecule has 0 radical (unpaired) electrons. The van der Waals surface area contributed by atoms with Crippen molar-refractivity contribution in [1.82, 2.24) is 15.6 Å². The number of hydrogen-bond donors (Lipinski definition) is 2. The molecule has 0 fully saturated rings. The van der Waals surface area contributed by atoms with Crippen LogP contribution in [0, 0.1) is 12.7 Å². The summed E-state index contributed by atoms with van der Waals surface area (Å²) in [5, 5.41) is 8.91. The van der Waals surface area contributed by atoms with E-state index < -0.39 is 17.6 Å². The fourth-order valence-corrected chi connectivity index (χ4v) is 3.15. The summed E-state index contributed by atoms with van der Waals surface area (Å²) in [5.74, 6) is -0.529. The lowest BCUT2D eigenvalue weighted by Gasteiger charge is -2.15. The Morgan fingerprint density at radius 1 is 1.26 bits per heavy atom. The van der Waals surface area contributed by atoms with Crippen molar-refractivity contribution >= 4 is 41.3 Å². The van der Waals surface area contributed by atoms with Crippen molar-refractivity contribution in [3.05, 3.63) is 51.2 Å². The van der Waals surface area contributed by atoms with E-state index in [9.17, 15) is 17.6 Å². The number of aromatic nitrogens is 1. The van der Waals surface area contributed by atoms with E-state index in [-0.39, 0.29) is 36.1 Å². The highest BCUT2D eigenvalue weighted by molar-refractivity contribution is 14.0. The molecule has 2 N–H and O–H groups in total. The molecule has 150 valence electrons. The van der Waals surface area contributed by atoms with E-state index in [0.29, 0.717) is 18.6 Å². The van der Waals surface area contributed by atoms with E-state index in [1.54, 1.807) is 11.3 Å². The highest BCUT2D eigenvalue weighted by atomic mass is 127. The second-order valence-corrected chi connectivity index (χ2v) is 6.58. The molecule has 2 aromatic rings. The van der Waals surface area contributed by atoms with E-state index in [1.807, 2.05) is 12.3 Å². The highest BCUT2D eigenvalue weighted by Gasteiger charge is 2.33. The molecular formula is C17H21F4IN4S. The smallest absolute Gasteiger partial charge is 0.356 e. The number of benzene rings is 1. The Hall–Kier alpha value is -1.43. The molecule has 0 bridgehead atoms. The lowest BCUT2D eigenvalue weighted by Crippen LogP contribution is -2.37. The largest absolute Gasteiger partial charge is 0.416 e. The molecule has 0 aliphatic rings. The van der Waals surface area contributed by atoms with Gasteiger partial charge in [-0.1, -0.05) is 6.07 Å². The van der Waals surface area contributed by atoms with Crippen molar-refractivity contribution < 1.29 is 17.6 Å². The van der Waals surface area contributed by atoms with Gasteiger partial charge in [-0.15, -0.1) is 35.3 Å². The summed E-state index contributed by atoms with van der Waals surface area (Å²) >= 11 is 1.60. The molecule has 0 spiro atoms. The Bertz CT molecular complexity index is 762. The lowest BCUT2D eigenvalue weighted by molar-refractivity contribution is -0.138. The summed E-state index contributed by atoms with van der Waals surface area (Å²) in [6.07, 6.45) is -2.97. The van der Waals surface area contributed by atoms with Crippen LogP contribution in [0.15, 0.2) is 28.6 Å². The molecule has 27 heavy (non-hydrogen) atoms. The van der Waals surface area contributed by atoms with Gasteiger partial charge < -0.3 is 10.6 Å². The number of nitrogens with one attached hydrogen (secondary N) is 2. The number of aryl methyl sites for hydroxylation is 2. The Morgan fingerprint density at radius 3 is 2.59 bits per heavy atom. The van der Waals surface area contributed by atoms with Crippen LogP contribution in [0.2, 0.25) is 0 Å². The van der Waals surface area contributed by atoms with Crippen LogP contribution in [0.5, 0.6) is 0 Å². The molecule has 1 aromatic heterocycles. The molecule has 2 rings (SSSR count). The van der Waals surface area contributed by atoms with Crippen LogP contribution in [0.3, 0.4) is 0 Å². The Kier molecular flexibility index (Phi) is 9.43. The van der Waals surface area contributed by atoms with Gasteiger partial charge in [-0.25, -0.2) is 9.37 Å². The van der Waals surface area contributed by atoms with E-state index in [1.165, 1.54) is 7.05 Å². The van der Waals surface area contributed by atoms with Gasteiger partial charge in [-0.2, -0.15) is 13.2 Å². The third-order valence-corrected chi connectivity index (χ3v) is 4.60. The number of alkyl halides is 3. The van der Waals surface area contributed by atoms with Crippen LogP contribution in [-0.4, -0.2) is 24.5 Å². The zero-order valence-electron chi connectivity index (χ0n) is 14.9. The maximum absolute atomic E-state index is 13.1. The van der Waals surface area contributed by atoms with Crippen LogP contribution in [0.1, 0.15) is 28.2 Å². The fourth-order valence-electron chi connectivity index (χ4n) is 2.33. The van der Waals surface area contributed by atoms with Gasteiger partial charge in [-0.05, 0) is 31.0 Å². The number of hydrogen-bond acceptors (Lipinski definition) is 3. The predicted molar refractivity (Wildman–Crippen MR) is 110 cm³/mol. The monoisotopic (exact) mass is 516 g/mol. The van der Waals surface area contributed by atoms with Gasteiger partial charge in [0.05, 0.1) is 10.6 Å². The molecule has 0 amide bonds. The van der Waals surface area contributed by atoms with E-state index in [0.717, 1.165) is 35.7 Å². The van der Waals surface area contributed by atoms with Gasteiger partial charge in [0.15, 0.2) is 5.96 Å². The van der Waals surface area contributed by atoms with Gasteiger partial charge in [0, 0.05) is 37.6 Å². The minimum Gasteiger partial charge on any atom is -0.356 e. The SMILES string of the molecule is CN=C(NCCCc1nc(C)cs1)NCc1ccc(F)cc1C(F)(F)F.I. The first-order valence-electron chi connectivity index (χ1n) is 8.00. The number of halogens is 5. The zero-order valence-corrected chi connectivity index (χ0v) is 18.0. The molecule has 0 atom stereocenters. The summed E-state index contributed by atoms with van der Waals surface area (Å²) < 4.78 is 52.1. The third kappa shape index (κ3) is 7.60. The number of thiazole rings is 1. The Balaban J connectivity index is 0.00000364. The fraction of sp³-hybridized carbons (Fsp3) is 0.412. The molecule has 0 unspecified atom stereocenters. The van der Waals surface area contributed by atoms with E-state index >= 15 is 0 Å². The van der Waals surface area contributed by atoms with Gasteiger partial charge in [0.25, 0.3) is 0 Å². The maximum Gasteiger partial charge on any atom is 0.416 e. The molecule has 4 nitrogen and oxygen atoms in total. The van der Waals surface area contributed by atoms with Gasteiger partial charge in [0.1, 0.15) is 5.82 Å². The molecule has 1 heterocycles. The van der Waals surface area contributed by atoms with Crippen LogP contribution >= 0.6 is 35.3 Å². The first-order chi connectivity index (χ1) is 12.3. The third-order valence-electron chi connectivity index (χ3n) is 3.57. The van der Waals surface area contributed by atoms with Crippen LogP contribution in [0.25, 0.3) is 0 Å². The second-order valence-electron chi connectivity index (χ2n) is 5.64. The van der Waals surface area contributed by atoms with Crippen molar-refractivity contribution in [2.75, 3.05) is 13.6 Å². The molecule has 0 saturated heterocycles. The van der Waals surface area contributed by atoms with Crippen molar-refractivity contribution in [1.29, 1.82) is 0 Å². The predicted octanol–water partition coefficient (Wildman–Crippen LogP) is 4.53. The first-order valence-corrected chi connectivity index (χ1v) is 8.88. The maximum atomic E-state index is 13.1. The average Bonchev–Trinajstić information content (AvgIpc) is 2.99. The quantitative estimate of drug-likeness (QED) is 0.195. The minimum absolute atomic E-state index is 0. The van der Waals surface area contributed by atoms with Crippen molar-refractivity contribution in [3.63, 3.8) is 0 Å². The Morgan fingerprint density at radius 2 is 2.00 bits per heavy atom. The van der Waals surface area contributed by atoms with Crippen LogP contribution in [0.4, 0.5) is 17.6 Å². The highest BCUT2D eigenvalue weighted by Crippen LogP contribution is 2.32. The van der Waals surface area contributed by atoms with Crippen molar-refractivity contribution in [3.8, 4) is 0 Å². The summed E-state index contributed by atoms with van der Waals surface area (Å²) in [6, 6.07) is 2.64. The second kappa shape index (κ2) is 10.8. The summed E-state index contributed by atoms with van der Waals surface area (Å²) in [5.41, 5.74) is -0.0325. The summed E-state index contributed by atoms with van der Waals surface area (Å²) in [6.45, 7) is 2.43. The summed E-state index contributed by atoms with van der Waals surface area (Å²) in [4.78, 5) is 8.36. The van der Waals surface area contributed by atoms with Crippen LogP contribution < -0.4 is 10.6 Å². The number of rotatable bonds is 6. The number of aliphatic imine (C=N–C) groups is 1. The normalized spacial score (nSPS) is 11.9. The molecule has 0 aliphatic carbocycles. The zero-order chi connectivity index (χ0) is 19.2. The van der Waals surface area contributed by atoms with Gasteiger partial charge >= 0.3 is 6.18 Å². The Labute approximate surface area is 176 Å². The van der Waals surface area contributed by atoms with Crippen molar-refractivity contribution in [2.24, 2.45) is 4.99 Å². The topological polar surface area (TPSA) is 49.3 Å². The standard InChI is InChI=1S/C17H20F4N4S.HI/c1-11-10-26-15(25-11)4-3-7-23-16(22-2)24-9-12-5-6-13(18)8-14(12)17(19,20)21;/h5-6,8,10H,3-4,7,9H2,1-2H3,(H2,22,23,24);1H. The molecule has 1 aromatic carbocycles. The van der Waals surface area contributed by atoms with E-state index in [4.69, 9.17) is 0 Å². The molecule has 10 heteroatoms. The number of nitrogens with zero attached hydrogens (tertiary/aromatic N) is 2. The minimum atomic E-state index is -4.61. The molecular weight excluding hydrogens is 495 g/mol. The molecule has 0 aliphatic heterocycles. The van der Waals surface area contributed by atoms with Crippen molar-refractivity contribution in [2.45, 2.75) is 32.5 Å². The first kappa shape index (κ1) is 23.6. The number of guanidine groups is 1. The summed E-state index contributed by atoms with van der Waals surface area (Å²) in [7, 11) is 1.54. The molecule has 0 saturated carbocycles. The van der Waals surface area contributed by atoms with Gasteiger partial charge in [-0.3, -0.25) is 4.99 Å². The lowest BCUT2D eigenvalue weighted by atomic mass is 10.1. The van der Waals surface area contributed by atoms with Gasteiger partial charge in [0.2, 0.25) is 0 Å². The van der Waals surface area contributed by atoms with Crippen LogP contribution in [-0.2, 0) is 19.1 Å².